The maximum absolute atomic E-state index is 13.9. The molecule has 10 nitrogen and oxygen atoms in total. The van der Waals surface area contributed by atoms with Gasteiger partial charge in [0.25, 0.3) is 5.91 Å². The Labute approximate surface area is 376 Å². The molecule has 1 aliphatic carbocycles. The Balaban J connectivity index is 1.02. The van der Waals surface area contributed by atoms with Crippen molar-refractivity contribution in [2.24, 2.45) is 0 Å². The molecule has 2 atom stereocenters. The van der Waals surface area contributed by atoms with Gasteiger partial charge in [0.2, 0.25) is 11.8 Å². The van der Waals surface area contributed by atoms with Crippen LogP contribution in [0.2, 0.25) is 10.0 Å². The molecule has 1 aromatic heterocycles. The van der Waals surface area contributed by atoms with Crippen LogP contribution in [-0.2, 0) is 48.9 Å². The molecule has 342 valence electrons. The maximum Gasteiger partial charge on any atom is 0.416 e. The number of likely N-dealkylation sites (N-methyl/N-ethyl adjacent to an activating group) is 1. The van der Waals surface area contributed by atoms with E-state index in [4.69, 9.17) is 32.7 Å². The molecule has 0 bridgehead atoms. The molecule has 1 spiro atoms. The van der Waals surface area contributed by atoms with Crippen LogP contribution in [0.5, 0.6) is 0 Å². The fraction of sp³-hybridized carbons (Fsp3) is 0.435. The second-order valence-corrected chi connectivity index (χ2v) is 17.4. The Morgan fingerprint density at radius 1 is 0.922 bits per heavy atom. The second-order valence-electron chi connectivity index (χ2n) is 16.6. The number of benzene rings is 3. The number of carbonyl (C=O) groups is 3. The molecule has 2 fully saturated rings. The number of carbonyl (C=O) groups excluding carboxylic acids is 3. The van der Waals surface area contributed by atoms with Crippen LogP contribution in [-0.4, -0.2) is 103 Å². The van der Waals surface area contributed by atoms with Crippen LogP contribution in [0, 0.1) is 0 Å². The molecule has 0 unspecified atom stereocenters. The van der Waals surface area contributed by atoms with Gasteiger partial charge in [0.15, 0.2) is 0 Å². The first-order chi connectivity index (χ1) is 30.4. The lowest BCUT2D eigenvalue weighted by atomic mass is 9.72. The predicted octanol–water partition coefficient (Wildman–Crippen LogP) is 9.04. The van der Waals surface area contributed by atoms with E-state index in [0.29, 0.717) is 81.7 Å². The van der Waals surface area contributed by atoms with E-state index < -0.39 is 40.6 Å². The van der Waals surface area contributed by atoms with Crippen LogP contribution in [0.3, 0.4) is 0 Å². The number of alkyl halides is 6. The number of likely N-dealkylation sites (tertiary alicyclic amines) is 1. The van der Waals surface area contributed by atoms with Gasteiger partial charge in [-0.05, 0) is 104 Å². The van der Waals surface area contributed by atoms with E-state index in [1.165, 1.54) is 10.5 Å². The van der Waals surface area contributed by atoms with Crippen molar-refractivity contribution in [3.63, 3.8) is 0 Å². The van der Waals surface area contributed by atoms with E-state index in [1.54, 1.807) is 54.7 Å². The number of nitrogens with one attached hydrogen (secondary N) is 1. The third kappa shape index (κ3) is 10.7. The molecule has 64 heavy (non-hydrogen) atoms. The second kappa shape index (κ2) is 19.4. The minimum absolute atomic E-state index is 0.00567. The van der Waals surface area contributed by atoms with E-state index in [9.17, 15) is 40.7 Å². The lowest BCUT2D eigenvalue weighted by Gasteiger charge is -2.46. The zero-order valence-electron chi connectivity index (χ0n) is 34.9. The third-order valence-corrected chi connectivity index (χ3v) is 13.3. The van der Waals surface area contributed by atoms with Gasteiger partial charge in [0.1, 0.15) is 12.2 Å². The van der Waals surface area contributed by atoms with Gasteiger partial charge in [0.05, 0.1) is 52.3 Å². The highest BCUT2D eigenvalue weighted by atomic mass is 35.5. The Kier molecular flexibility index (Phi) is 14.3. The molecule has 18 heteroatoms. The first-order valence-electron chi connectivity index (χ1n) is 20.9. The number of ether oxygens (including phenoxy) is 2. The van der Waals surface area contributed by atoms with Crippen LogP contribution >= 0.6 is 23.2 Å². The van der Waals surface area contributed by atoms with Crippen LogP contribution in [0.25, 0.3) is 0 Å². The topological polar surface area (TPSA) is 104 Å². The number of piperidine rings is 1. The first kappa shape index (κ1) is 47.2. The van der Waals surface area contributed by atoms with Gasteiger partial charge in [-0.1, -0.05) is 53.5 Å². The first-order valence-corrected chi connectivity index (χ1v) is 21.7. The SMILES string of the molecule is CN(CCCC(=O)Nc1cccnc1)C(=O)CO[C@H]1Cc2ccccc2C12CCN(CC[C@@]1(c3ccc(Cl)c(Cl)c3)CN(C(=O)c3cc(C(F)(F)F)cc(C(F)(F)F)c3)CCO1)CC2. The average Bonchev–Trinajstić information content (AvgIpc) is 3.57. The Morgan fingerprint density at radius 2 is 1.64 bits per heavy atom. The van der Waals surface area contributed by atoms with E-state index in [-0.39, 0.29) is 72.2 Å². The van der Waals surface area contributed by atoms with Crippen molar-refractivity contribution >= 4 is 46.6 Å². The summed E-state index contributed by atoms with van der Waals surface area (Å²) in [6.07, 6.45) is -4.31. The van der Waals surface area contributed by atoms with Gasteiger partial charge < -0.3 is 29.5 Å². The molecule has 3 aromatic carbocycles. The van der Waals surface area contributed by atoms with E-state index in [0.717, 1.165) is 5.56 Å². The van der Waals surface area contributed by atoms with Gasteiger partial charge in [-0.3, -0.25) is 19.4 Å². The molecular formula is C46H47Cl2F6N5O5. The number of nitrogens with zero attached hydrogens (tertiary/aromatic N) is 4. The largest absolute Gasteiger partial charge is 0.416 e. The summed E-state index contributed by atoms with van der Waals surface area (Å²) >= 11 is 12.7. The van der Waals surface area contributed by atoms with Crippen molar-refractivity contribution < 1.29 is 50.2 Å². The van der Waals surface area contributed by atoms with Crippen molar-refractivity contribution in [2.75, 3.05) is 64.8 Å². The van der Waals surface area contributed by atoms with Gasteiger partial charge in [-0.2, -0.15) is 26.3 Å². The molecule has 7 rings (SSSR count). The average molecular weight is 935 g/mol. The third-order valence-electron chi connectivity index (χ3n) is 12.6. The van der Waals surface area contributed by atoms with Crippen molar-refractivity contribution in [3.8, 4) is 0 Å². The predicted molar refractivity (Wildman–Crippen MR) is 228 cm³/mol. The summed E-state index contributed by atoms with van der Waals surface area (Å²) in [4.78, 5) is 48.6. The van der Waals surface area contributed by atoms with Crippen LogP contribution < -0.4 is 5.32 Å². The van der Waals surface area contributed by atoms with E-state index >= 15 is 0 Å². The summed E-state index contributed by atoms with van der Waals surface area (Å²) in [6.45, 7) is 1.67. The van der Waals surface area contributed by atoms with Crippen molar-refractivity contribution in [3.05, 3.63) is 129 Å². The monoisotopic (exact) mass is 933 g/mol. The van der Waals surface area contributed by atoms with E-state index in [2.05, 4.69) is 27.3 Å². The van der Waals surface area contributed by atoms with Gasteiger partial charge in [-0.25, -0.2) is 0 Å². The molecule has 2 saturated heterocycles. The molecule has 0 saturated carbocycles. The highest BCUT2D eigenvalue weighted by Gasteiger charge is 2.50. The van der Waals surface area contributed by atoms with E-state index in [1.807, 2.05) is 12.1 Å². The molecule has 1 N–H and O–H groups in total. The minimum Gasteiger partial charge on any atom is -0.367 e. The fourth-order valence-electron chi connectivity index (χ4n) is 9.09. The van der Waals surface area contributed by atoms with Gasteiger partial charge >= 0.3 is 12.4 Å². The molecule has 3 heterocycles. The number of rotatable bonds is 13. The van der Waals surface area contributed by atoms with Crippen LogP contribution in [0.1, 0.15) is 70.3 Å². The van der Waals surface area contributed by atoms with Crippen molar-refractivity contribution in [1.29, 1.82) is 0 Å². The molecule has 3 amide bonds. The number of fused-ring (bicyclic) bond motifs is 2. The number of amides is 3. The number of aromatic nitrogens is 1. The summed E-state index contributed by atoms with van der Waals surface area (Å²) in [5.41, 5.74) is -2.02. The minimum atomic E-state index is -5.12. The summed E-state index contributed by atoms with van der Waals surface area (Å²) in [6, 6.07) is 17.4. The number of hydrogen-bond acceptors (Lipinski definition) is 7. The smallest absolute Gasteiger partial charge is 0.367 e. The normalized spacial score (nSPS) is 20.0. The lowest BCUT2D eigenvalue weighted by molar-refractivity contribution is -0.143. The Hall–Kier alpha value is -4.74. The Bertz CT molecular complexity index is 2300. The number of halogens is 8. The number of morpholine rings is 1. The van der Waals surface area contributed by atoms with Gasteiger partial charge in [-0.15, -0.1) is 0 Å². The molecule has 0 radical (unpaired) electrons. The van der Waals surface area contributed by atoms with Gasteiger partial charge in [0, 0.05) is 50.3 Å². The van der Waals surface area contributed by atoms with Crippen molar-refractivity contribution in [1.82, 2.24) is 19.7 Å². The van der Waals surface area contributed by atoms with Crippen LogP contribution in [0.4, 0.5) is 32.0 Å². The number of pyridine rings is 1. The summed E-state index contributed by atoms with van der Waals surface area (Å²) in [7, 11) is 1.69. The summed E-state index contributed by atoms with van der Waals surface area (Å²) in [5, 5.41) is 3.26. The number of hydrogen-bond donors (Lipinski definition) is 1. The molecule has 2 aliphatic heterocycles. The fourth-order valence-corrected chi connectivity index (χ4v) is 9.39. The van der Waals surface area contributed by atoms with Crippen molar-refractivity contribution in [2.45, 2.75) is 68.0 Å². The quantitative estimate of drug-likeness (QED) is 0.134. The molecule has 3 aliphatic rings. The summed E-state index contributed by atoms with van der Waals surface area (Å²) in [5.74, 6) is -1.36. The van der Waals surface area contributed by atoms with Crippen LogP contribution in [0.15, 0.2) is 85.2 Å². The molecule has 4 aromatic rings. The standard InChI is InChI=1S/C46H47Cl2F6N5O5/c1-57(16-5-9-40(60)56-35-7-4-15-55-27-35)41(61)28-63-39-24-30-6-2-3-8-36(30)43(39)12-17-58(18-13-43)19-14-44(32-10-11-37(47)38(48)26-32)29-59(20-21-64-44)42(62)31-22-33(45(49,50)51)25-34(23-31)46(52,53)54/h2-4,6-8,10-11,15,22-23,25-27,39H,5,9,12-14,16-21,24,28-29H2,1H3,(H,56,60)/t39-,44-/m0/s1. The maximum atomic E-state index is 13.9. The Morgan fingerprint density at radius 3 is 2.31 bits per heavy atom. The highest BCUT2D eigenvalue weighted by Crippen LogP contribution is 2.48. The zero-order chi connectivity index (χ0) is 45.9. The zero-order valence-corrected chi connectivity index (χ0v) is 36.4. The summed E-state index contributed by atoms with van der Waals surface area (Å²) < 4.78 is 95.5. The molecular weight excluding hydrogens is 887 g/mol. The highest BCUT2D eigenvalue weighted by molar-refractivity contribution is 6.42. The number of anilines is 1. The lowest BCUT2D eigenvalue weighted by Crippen LogP contribution is -2.54.